The Hall–Kier alpha value is -4.00. The van der Waals surface area contributed by atoms with Gasteiger partial charge in [-0.15, -0.1) is 0 Å². The van der Waals surface area contributed by atoms with Gasteiger partial charge < -0.3 is 24.6 Å². The lowest BCUT2D eigenvalue weighted by atomic mass is 10.1. The molecule has 0 atom stereocenters. The van der Waals surface area contributed by atoms with Crippen LogP contribution in [0.4, 0.5) is 11.4 Å². The normalized spacial score (nSPS) is 13.4. The fraction of sp³-hybridized carbons (Fsp3) is 0.286. The summed E-state index contributed by atoms with van der Waals surface area (Å²) in [6, 6.07) is 18.8. The number of benzene rings is 3. The third kappa shape index (κ3) is 5.57. The minimum atomic E-state index is -0.123. The van der Waals surface area contributed by atoms with Gasteiger partial charge in [0.05, 0.1) is 14.2 Å². The number of carbonyl (C=O) groups is 2. The van der Waals surface area contributed by atoms with Crippen molar-refractivity contribution in [3.63, 3.8) is 0 Å². The molecule has 1 fully saturated rings. The lowest BCUT2D eigenvalue weighted by Gasteiger charge is -2.36. The molecule has 3 aromatic rings. The third-order valence-corrected chi connectivity index (χ3v) is 6.42. The van der Waals surface area contributed by atoms with Crippen molar-refractivity contribution in [3.05, 3.63) is 82.9 Å². The van der Waals surface area contributed by atoms with Crippen LogP contribution in [0.3, 0.4) is 0 Å². The minimum absolute atomic E-state index is 0.0359. The molecule has 2 amide bonds. The first-order chi connectivity index (χ1) is 16.9. The maximum atomic E-state index is 13.0. The lowest BCUT2D eigenvalue weighted by molar-refractivity contribution is 0.0746. The highest BCUT2D eigenvalue weighted by Crippen LogP contribution is 2.25. The van der Waals surface area contributed by atoms with E-state index in [2.05, 4.69) is 10.2 Å². The second-order valence-electron chi connectivity index (χ2n) is 8.68. The number of carbonyl (C=O) groups excluding carboxylic acids is 2. The number of ether oxygens (including phenoxy) is 2. The number of nitrogens with one attached hydrogen (secondary N) is 1. The summed E-state index contributed by atoms with van der Waals surface area (Å²) in [4.78, 5) is 29.7. The molecule has 182 valence electrons. The van der Waals surface area contributed by atoms with Crippen molar-refractivity contribution in [2.75, 3.05) is 50.6 Å². The summed E-state index contributed by atoms with van der Waals surface area (Å²) < 4.78 is 10.6. The Morgan fingerprint density at radius 2 is 1.37 bits per heavy atom. The van der Waals surface area contributed by atoms with Crippen molar-refractivity contribution in [1.29, 1.82) is 0 Å². The van der Waals surface area contributed by atoms with Gasteiger partial charge in [-0.3, -0.25) is 9.59 Å². The monoisotopic (exact) mass is 473 g/mol. The molecule has 3 aromatic carbocycles. The van der Waals surface area contributed by atoms with Gasteiger partial charge in [-0.05, 0) is 73.5 Å². The predicted octanol–water partition coefficient (Wildman–Crippen LogP) is 4.54. The van der Waals surface area contributed by atoms with Gasteiger partial charge in [-0.25, -0.2) is 0 Å². The minimum Gasteiger partial charge on any atom is -0.497 e. The summed E-state index contributed by atoms with van der Waals surface area (Å²) in [5.74, 6) is 1.03. The van der Waals surface area contributed by atoms with Crippen molar-refractivity contribution in [2.24, 2.45) is 0 Å². The second-order valence-corrected chi connectivity index (χ2v) is 8.68. The summed E-state index contributed by atoms with van der Waals surface area (Å²) in [6.07, 6.45) is 0. The Morgan fingerprint density at radius 3 is 1.94 bits per heavy atom. The van der Waals surface area contributed by atoms with E-state index in [1.807, 2.05) is 61.2 Å². The molecule has 0 unspecified atom stereocenters. The van der Waals surface area contributed by atoms with Crippen molar-refractivity contribution in [3.8, 4) is 11.5 Å². The van der Waals surface area contributed by atoms with Gasteiger partial charge in [0.25, 0.3) is 11.8 Å². The molecule has 4 rings (SSSR count). The average molecular weight is 474 g/mol. The van der Waals surface area contributed by atoms with Gasteiger partial charge in [-0.1, -0.05) is 6.07 Å². The summed E-state index contributed by atoms with van der Waals surface area (Å²) in [5.41, 5.74) is 5.26. The Labute approximate surface area is 206 Å². The van der Waals surface area contributed by atoms with E-state index in [0.717, 1.165) is 35.6 Å². The van der Waals surface area contributed by atoms with E-state index in [1.54, 1.807) is 32.4 Å². The Balaban J connectivity index is 1.35. The van der Waals surface area contributed by atoms with E-state index in [4.69, 9.17) is 9.47 Å². The summed E-state index contributed by atoms with van der Waals surface area (Å²) in [6.45, 7) is 6.71. The number of rotatable bonds is 6. The van der Waals surface area contributed by atoms with Crippen LogP contribution in [0.25, 0.3) is 0 Å². The zero-order valence-corrected chi connectivity index (χ0v) is 20.6. The maximum Gasteiger partial charge on any atom is 0.255 e. The molecule has 0 aromatic heterocycles. The highest BCUT2D eigenvalue weighted by atomic mass is 16.5. The molecule has 35 heavy (non-hydrogen) atoms. The molecule has 1 N–H and O–H groups in total. The second kappa shape index (κ2) is 10.5. The van der Waals surface area contributed by atoms with Gasteiger partial charge in [-0.2, -0.15) is 0 Å². The van der Waals surface area contributed by atoms with Crippen molar-refractivity contribution < 1.29 is 19.1 Å². The van der Waals surface area contributed by atoms with E-state index in [9.17, 15) is 9.59 Å². The number of methoxy groups -OCH3 is 2. The summed E-state index contributed by atoms with van der Waals surface area (Å²) >= 11 is 0. The van der Waals surface area contributed by atoms with Crippen LogP contribution in [0, 0.1) is 13.8 Å². The van der Waals surface area contributed by atoms with Crippen molar-refractivity contribution in [1.82, 2.24) is 4.90 Å². The number of anilines is 2. The molecule has 1 saturated heterocycles. The van der Waals surface area contributed by atoms with Crippen LogP contribution in [0.15, 0.2) is 60.7 Å². The van der Waals surface area contributed by atoms with E-state index >= 15 is 0 Å². The number of hydrogen-bond donors (Lipinski definition) is 1. The summed E-state index contributed by atoms with van der Waals surface area (Å²) in [7, 11) is 3.14. The molecule has 1 heterocycles. The number of hydrogen-bond acceptors (Lipinski definition) is 5. The largest absolute Gasteiger partial charge is 0.497 e. The number of amides is 2. The van der Waals surface area contributed by atoms with Gasteiger partial charge in [0, 0.05) is 54.7 Å². The molecular weight excluding hydrogens is 442 g/mol. The van der Waals surface area contributed by atoms with Gasteiger partial charge in [0.2, 0.25) is 0 Å². The lowest BCUT2D eigenvalue weighted by Crippen LogP contribution is -2.48. The van der Waals surface area contributed by atoms with Crippen LogP contribution < -0.4 is 19.7 Å². The number of piperazine rings is 1. The SMILES string of the molecule is COc1cc(OC)cc(C(=O)N2CCN(c3ccc(NC(=O)c4ccc(C)c(C)c4)cc3)CC2)c1. The van der Waals surface area contributed by atoms with Gasteiger partial charge >= 0.3 is 0 Å². The molecule has 0 radical (unpaired) electrons. The predicted molar refractivity (Wildman–Crippen MR) is 138 cm³/mol. The molecule has 0 aliphatic carbocycles. The fourth-order valence-electron chi connectivity index (χ4n) is 4.12. The van der Waals surface area contributed by atoms with Crippen LogP contribution in [0.2, 0.25) is 0 Å². The van der Waals surface area contributed by atoms with E-state index in [1.165, 1.54) is 0 Å². The van der Waals surface area contributed by atoms with Crippen LogP contribution in [0.1, 0.15) is 31.8 Å². The van der Waals surface area contributed by atoms with E-state index in [0.29, 0.717) is 35.7 Å². The molecule has 7 nitrogen and oxygen atoms in total. The highest BCUT2D eigenvalue weighted by Gasteiger charge is 2.23. The highest BCUT2D eigenvalue weighted by molar-refractivity contribution is 6.04. The van der Waals surface area contributed by atoms with E-state index < -0.39 is 0 Å². The molecule has 0 saturated carbocycles. The van der Waals surface area contributed by atoms with Gasteiger partial charge in [0.15, 0.2) is 0 Å². The van der Waals surface area contributed by atoms with Crippen LogP contribution >= 0.6 is 0 Å². The molecule has 1 aliphatic heterocycles. The Morgan fingerprint density at radius 1 is 0.743 bits per heavy atom. The fourth-order valence-corrected chi connectivity index (χ4v) is 4.12. The zero-order valence-electron chi connectivity index (χ0n) is 20.6. The third-order valence-electron chi connectivity index (χ3n) is 6.42. The topological polar surface area (TPSA) is 71.1 Å². The molecule has 1 aliphatic rings. The molecule has 7 heteroatoms. The number of nitrogens with zero attached hydrogens (tertiary/aromatic N) is 2. The Kier molecular flexibility index (Phi) is 7.25. The number of aryl methyl sites for hydroxylation is 2. The van der Waals surface area contributed by atoms with Crippen molar-refractivity contribution >= 4 is 23.2 Å². The molecular formula is C28H31N3O4. The average Bonchev–Trinajstić information content (AvgIpc) is 2.90. The maximum absolute atomic E-state index is 13.0. The summed E-state index contributed by atoms with van der Waals surface area (Å²) in [5, 5.41) is 2.96. The molecule has 0 spiro atoms. The standard InChI is InChI=1S/C28H31N3O4/c1-19-5-6-21(15-20(19)2)27(32)29-23-7-9-24(10-8-23)30-11-13-31(14-12-30)28(33)22-16-25(34-3)18-26(17-22)35-4/h5-10,15-18H,11-14H2,1-4H3,(H,29,32). The van der Waals surface area contributed by atoms with Gasteiger partial charge in [0.1, 0.15) is 11.5 Å². The van der Waals surface area contributed by atoms with Crippen LogP contribution in [-0.4, -0.2) is 57.1 Å². The van der Waals surface area contributed by atoms with Crippen LogP contribution in [-0.2, 0) is 0 Å². The Bertz CT molecular complexity index is 1190. The van der Waals surface area contributed by atoms with Crippen LogP contribution in [0.5, 0.6) is 11.5 Å². The smallest absolute Gasteiger partial charge is 0.255 e. The quantitative estimate of drug-likeness (QED) is 0.569. The molecule has 0 bridgehead atoms. The van der Waals surface area contributed by atoms with E-state index in [-0.39, 0.29) is 11.8 Å². The zero-order chi connectivity index (χ0) is 24.9. The first-order valence-corrected chi connectivity index (χ1v) is 11.6. The van der Waals surface area contributed by atoms with Crippen molar-refractivity contribution in [2.45, 2.75) is 13.8 Å². The first-order valence-electron chi connectivity index (χ1n) is 11.6. The first kappa shape index (κ1) is 24.1.